The van der Waals surface area contributed by atoms with Crippen LogP contribution < -0.4 is 10.1 Å². The second-order valence-electron chi connectivity index (χ2n) is 9.80. The van der Waals surface area contributed by atoms with Gasteiger partial charge in [-0.25, -0.2) is 13.8 Å². The number of ether oxygens (including phenoxy) is 1. The molecule has 0 radical (unpaired) electrons. The van der Waals surface area contributed by atoms with Crippen LogP contribution >= 0.6 is 11.3 Å². The molecule has 186 valence electrons. The van der Waals surface area contributed by atoms with E-state index in [1.807, 2.05) is 26.0 Å². The normalized spacial score (nSPS) is 21.2. The topological polar surface area (TPSA) is 67.4 Å². The quantitative estimate of drug-likeness (QED) is 0.566. The lowest BCUT2D eigenvalue weighted by atomic mass is 9.84. The number of nitrogens with one attached hydrogen (secondary N) is 1. The molecule has 0 bridgehead atoms. The van der Waals surface area contributed by atoms with Crippen LogP contribution in [0.5, 0.6) is 5.19 Å². The van der Waals surface area contributed by atoms with Gasteiger partial charge in [-0.3, -0.25) is 14.7 Å². The Bertz CT molecular complexity index is 999. The maximum absolute atomic E-state index is 13.0. The van der Waals surface area contributed by atoms with E-state index in [4.69, 9.17) is 4.74 Å². The highest BCUT2D eigenvalue weighted by Crippen LogP contribution is 2.32. The van der Waals surface area contributed by atoms with Crippen LogP contribution in [0, 0.1) is 19.8 Å². The fourth-order valence-electron chi connectivity index (χ4n) is 4.82. The minimum Gasteiger partial charge on any atom is -0.464 e. The Morgan fingerprint density at radius 1 is 1.24 bits per heavy atom. The van der Waals surface area contributed by atoms with Crippen LogP contribution in [0.25, 0.3) is 0 Å². The SMILES string of the molecule is Cc1ccc(C(=O)NC2CCC(CCN3CCc4sc(OCC(C)(F)F)nc4C3)CC2)c(C)n1. The van der Waals surface area contributed by atoms with Gasteiger partial charge in [0, 0.05) is 36.6 Å². The van der Waals surface area contributed by atoms with Gasteiger partial charge in [-0.05, 0) is 77.0 Å². The summed E-state index contributed by atoms with van der Waals surface area (Å²) in [6.45, 7) is 6.76. The number of hydrogen-bond acceptors (Lipinski definition) is 6. The molecule has 1 aliphatic heterocycles. The van der Waals surface area contributed by atoms with Crippen molar-refractivity contribution in [2.45, 2.75) is 77.8 Å². The highest BCUT2D eigenvalue weighted by atomic mass is 32.1. The molecule has 0 atom stereocenters. The van der Waals surface area contributed by atoms with Crippen molar-refractivity contribution in [2.75, 3.05) is 19.7 Å². The zero-order valence-electron chi connectivity index (χ0n) is 20.2. The Morgan fingerprint density at radius 2 is 2.00 bits per heavy atom. The largest absolute Gasteiger partial charge is 0.464 e. The minimum absolute atomic E-state index is 0.0214. The minimum atomic E-state index is -2.85. The Hall–Kier alpha value is -2.13. The van der Waals surface area contributed by atoms with E-state index in [1.54, 1.807) is 0 Å². The summed E-state index contributed by atoms with van der Waals surface area (Å²) in [6.07, 6.45) is 6.28. The van der Waals surface area contributed by atoms with Gasteiger partial charge in [0.15, 0.2) is 6.61 Å². The summed E-state index contributed by atoms with van der Waals surface area (Å²) >= 11 is 1.40. The molecule has 2 aromatic heterocycles. The highest BCUT2D eigenvalue weighted by Gasteiger charge is 2.27. The molecule has 0 spiro atoms. The van der Waals surface area contributed by atoms with Crippen LogP contribution in [0.3, 0.4) is 0 Å². The summed E-state index contributed by atoms with van der Waals surface area (Å²) < 4.78 is 31.3. The van der Waals surface area contributed by atoms with Crippen molar-refractivity contribution < 1.29 is 18.3 Å². The molecule has 34 heavy (non-hydrogen) atoms. The fourth-order valence-corrected chi connectivity index (χ4v) is 5.73. The first-order valence-electron chi connectivity index (χ1n) is 12.1. The molecular weight excluding hydrogens is 458 g/mol. The van der Waals surface area contributed by atoms with Crippen molar-refractivity contribution in [3.8, 4) is 5.19 Å². The molecule has 0 aromatic carbocycles. The maximum Gasteiger partial charge on any atom is 0.278 e. The van der Waals surface area contributed by atoms with E-state index in [2.05, 4.69) is 20.2 Å². The van der Waals surface area contributed by atoms with Gasteiger partial charge in [-0.1, -0.05) is 11.3 Å². The van der Waals surface area contributed by atoms with Crippen molar-refractivity contribution in [1.29, 1.82) is 0 Å². The Kier molecular flexibility index (Phi) is 7.82. The van der Waals surface area contributed by atoms with E-state index in [9.17, 15) is 13.6 Å². The van der Waals surface area contributed by atoms with Gasteiger partial charge >= 0.3 is 0 Å². The molecule has 3 heterocycles. The second kappa shape index (κ2) is 10.6. The van der Waals surface area contributed by atoms with E-state index in [0.717, 1.165) is 87.0 Å². The van der Waals surface area contributed by atoms with Crippen LogP contribution in [-0.2, 0) is 13.0 Å². The van der Waals surface area contributed by atoms with Crippen molar-refractivity contribution in [2.24, 2.45) is 5.92 Å². The third kappa shape index (κ3) is 6.72. The van der Waals surface area contributed by atoms with Crippen molar-refractivity contribution in [1.82, 2.24) is 20.2 Å². The number of amides is 1. The molecule has 0 saturated heterocycles. The maximum atomic E-state index is 13.0. The molecule has 1 amide bonds. The lowest BCUT2D eigenvalue weighted by Crippen LogP contribution is -2.38. The number of hydrogen-bond donors (Lipinski definition) is 1. The zero-order valence-corrected chi connectivity index (χ0v) is 21.0. The zero-order chi connectivity index (χ0) is 24.3. The van der Waals surface area contributed by atoms with E-state index in [-0.39, 0.29) is 11.9 Å². The molecule has 9 heteroatoms. The van der Waals surface area contributed by atoms with Crippen LogP contribution in [-0.4, -0.2) is 52.4 Å². The first kappa shape index (κ1) is 25.0. The van der Waals surface area contributed by atoms with Gasteiger partial charge in [0.1, 0.15) is 0 Å². The second-order valence-corrected chi connectivity index (χ2v) is 10.8. The third-order valence-corrected chi connectivity index (χ3v) is 7.81. The fraction of sp³-hybridized carbons (Fsp3) is 0.640. The van der Waals surface area contributed by atoms with Gasteiger partial charge in [0.25, 0.3) is 17.0 Å². The monoisotopic (exact) mass is 492 g/mol. The standard InChI is InChI=1S/C25H34F2N4O2S/c1-16-4-9-20(17(2)28-16)23(32)29-19-7-5-18(6-8-19)10-12-31-13-11-22-21(14-31)30-24(34-22)33-15-25(3,26)27/h4,9,18-19H,5-8,10-15H2,1-3H3,(H,29,32). The van der Waals surface area contributed by atoms with E-state index >= 15 is 0 Å². The number of alkyl halides is 2. The molecule has 0 unspecified atom stereocenters. The lowest BCUT2D eigenvalue weighted by Gasteiger charge is -2.32. The summed E-state index contributed by atoms with van der Waals surface area (Å²) in [5.74, 6) is -2.21. The Morgan fingerprint density at radius 3 is 2.71 bits per heavy atom. The van der Waals surface area contributed by atoms with Crippen LogP contribution in [0.1, 0.15) is 71.3 Å². The first-order chi connectivity index (χ1) is 16.2. The van der Waals surface area contributed by atoms with Gasteiger partial charge in [-0.15, -0.1) is 0 Å². The molecule has 6 nitrogen and oxygen atoms in total. The predicted molar refractivity (Wildman–Crippen MR) is 129 cm³/mol. The number of nitrogens with zero attached hydrogens (tertiary/aromatic N) is 3. The number of aryl methyl sites for hydroxylation is 2. The first-order valence-corrected chi connectivity index (χ1v) is 12.9. The number of fused-ring (bicyclic) bond motifs is 1. The number of rotatable bonds is 8. The molecule has 2 aliphatic rings. The number of carbonyl (C=O) groups is 1. The number of halogens is 2. The highest BCUT2D eigenvalue weighted by molar-refractivity contribution is 7.13. The molecular formula is C25H34F2N4O2S. The molecule has 1 aliphatic carbocycles. The molecule has 4 rings (SSSR count). The van der Waals surface area contributed by atoms with E-state index in [1.165, 1.54) is 11.3 Å². The average molecular weight is 493 g/mol. The number of thiazole rings is 1. The lowest BCUT2D eigenvalue weighted by molar-refractivity contribution is -0.0230. The third-order valence-electron chi connectivity index (χ3n) is 6.74. The Balaban J connectivity index is 1.18. The van der Waals surface area contributed by atoms with Crippen molar-refractivity contribution in [3.63, 3.8) is 0 Å². The molecule has 1 N–H and O–H groups in total. The number of carbonyl (C=O) groups excluding carboxylic acids is 1. The number of aromatic nitrogens is 2. The summed E-state index contributed by atoms with van der Waals surface area (Å²) in [5.41, 5.74) is 3.33. The van der Waals surface area contributed by atoms with Gasteiger partial charge in [-0.2, -0.15) is 0 Å². The van der Waals surface area contributed by atoms with Crippen molar-refractivity contribution >= 4 is 17.2 Å². The summed E-state index contributed by atoms with van der Waals surface area (Å²) in [5, 5.41) is 3.55. The smallest absolute Gasteiger partial charge is 0.278 e. The average Bonchev–Trinajstić information content (AvgIpc) is 3.19. The van der Waals surface area contributed by atoms with Crippen LogP contribution in [0.2, 0.25) is 0 Å². The molecule has 1 fully saturated rings. The van der Waals surface area contributed by atoms with Gasteiger partial charge in [0.05, 0.1) is 17.0 Å². The Labute approximate surface area is 204 Å². The summed E-state index contributed by atoms with van der Waals surface area (Å²) in [7, 11) is 0. The van der Waals surface area contributed by atoms with Gasteiger partial charge < -0.3 is 10.1 Å². The summed E-state index contributed by atoms with van der Waals surface area (Å²) in [6, 6.07) is 3.97. The van der Waals surface area contributed by atoms with Crippen LogP contribution in [0.4, 0.5) is 8.78 Å². The molecule has 2 aromatic rings. The van der Waals surface area contributed by atoms with E-state index < -0.39 is 12.5 Å². The molecule has 1 saturated carbocycles. The van der Waals surface area contributed by atoms with Crippen molar-refractivity contribution in [3.05, 3.63) is 39.7 Å². The van der Waals surface area contributed by atoms with E-state index in [0.29, 0.717) is 16.7 Å². The predicted octanol–water partition coefficient (Wildman–Crippen LogP) is 4.93. The number of pyridine rings is 1. The van der Waals surface area contributed by atoms with Gasteiger partial charge in [0.2, 0.25) is 0 Å². The summed E-state index contributed by atoms with van der Waals surface area (Å²) in [4.78, 5) is 25.0. The van der Waals surface area contributed by atoms with Crippen LogP contribution in [0.15, 0.2) is 12.1 Å².